The Hall–Kier alpha value is -1.47. The Morgan fingerprint density at radius 3 is 3.29 bits per heavy atom. The van der Waals surface area contributed by atoms with Crippen molar-refractivity contribution in [3.05, 3.63) is 32.3 Å². The Kier molecular flexibility index (Phi) is 4.59. The summed E-state index contributed by atoms with van der Waals surface area (Å²) >= 11 is 1.61. The van der Waals surface area contributed by atoms with Crippen molar-refractivity contribution in [2.24, 2.45) is 5.11 Å². The van der Waals surface area contributed by atoms with Gasteiger partial charge in [0.25, 0.3) is 0 Å². The molecule has 1 aromatic heterocycles. The number of azide groups is 1. The zero-order valence-electron chi connectivity index (χ0n) is 7.73. The number of hydrogen-bond acceptors (Lipinski definition) is 3. The molecule has 0 aliphatic heterocycles. The molecule has 72 valence electrons. The van der Waals surface area contributed by atoms with E-state index in [1.54, 1.807) is 18.4 Å². The van der Waals surface area contributed by atoms with Crippen molar-refractivity contribution in [1.29, 1.82) is 0 Å². The Balaban J connectivity index is 2.57. The molecule has 0 aromatic carbocycles. The van der Waals surface area contributed by atoms with Crippen LogP contribution in [0.5, 0.6) is 0 Å². The topological polar surface area (TPSA) is 58.0 Å². The van der Waals surface area contributed by atoms with Gasteiger partial charge >= 0.3 is 0 Å². The number of ether oxygens (including phenoxy) is 1. The van der Waals surface area contributed by atoms with Crippen LogP contribution in [0.25, 0.3) is 10.4 Å². The van der Waals surface area contributed by atoms with Crippen LogP contribution in [0, 0.1) is 11.8 Å². The Morgan fingerprint density at radius 2 is 2.57 bits per heavy atom. The van der Waals surface area contributed by atoms with Gasteiger partial charge in [-0.15, -0.1) is 11.3 Å². The molecule has 0 unspecified atom stereocenters. The number of hydrogen-bond donors (Lipinski definition) is 0. The van der Waals surface area contributed by atoms with Gasteiger partial charge in [0, 0.05) is 27.8 Å². The summed E-state index contributed by atoms with van der Waals surface area (Å²) in [6.45, 7) is 0.828. The largest absolute Gasteiger partial charge is 0.379 e. The van der Waals surface area contributed by atoms with E-state index >= 15 is 0 Å². The fourth-order valence-electron chi connectivity index (χ4n) is 0.873. The third-order valence-electron chi connectivity index (χ3n) is 1.39. The summed E-state index contributed by atoms with van der Waals surface area (Å²) < 4.78 is 4.98. The van der Waals surface area contributed by atoms with Gasteiger partial charge in [-0.05, 0) is 11.6 Å². The highest BCUT2D eigenvalue weighted by atomic mass is 32.1. The van der Waals surface area contributed by atoms with Gasteiger partial charge in [0.05, 0.1) is 13.2 Å². The Labute approximate surface area is 86.1 Å². The third-order valence-corrected chi connectivity index (χ3v) is 2.30. The van der Waals surface area contributed by atoms with Gasteiger partial charge < -0.3 is 4.74 Å². The van der Waals surface area contributed by atoms with Crippen LogP contribution in [0.1, 0.15) is 10.4 Å². The smallest absolute Gasteiger partial charge is 0.0880 e. The molecule has 1 aromatic rings. The van der Waals surface area contributed by atoms with Gasteiger partial charge in [-0.25, -0.2) is 0 Å². The first-order valence-electron chi connectivity index (χ1n) is 3.93. The number of methoxy groups -OCH3 is 1. The van der Waals surface area contributed by atoms with Crippen molar-refractivity contribution in [2.45, 2.75) is 6.61 Å². The van der Waals surface area contributed by atoms with Gasteiger partial charge in [-0.3, -0.25) is 0 Å². The summed E-state index contributed by atoms with van der Waals surface area (Å²) in [6, 6.07) is 1.97. The summed E-state index contributed by atoms with van der Waals surface area (Å²) in [5.41, 5.74) is 8.95. The lowest BCUT2D eigenvalue weighted by molar-refractivity contribution is 0.187. The maximum Gasteiger partial charge on any atom is 0.0880 e. The predicted octanol–water partition coefficient (Wildman–Crippen LogP) is 2.56. The first-order valence-corrected chi connectivity index (χ1v) is 4.81. The average Bonchev–Trinajstić information content (AvgIpc) is 2.61. The summed E-state index contributed by atoms with van der Waals surface area (Å²) in [5.74, 6) is 5.65. The molecule has 0 saturated carbocycles. The number of rotatable bonds is 3. The molecule has 1 heterocycles. The first kappa shape index (κ1) is 10.6. The van der Waals surface area contributed by atoms with Crippen LogP contribution >= 0.6 is 11.3 Å². The summed E-state index contributed by atoms with van der Waals surface area (Å²) in [4.78, 5) is 3.75. The minimum absolute atomic E-state index is 0.214. The van der Waals surface area contributed by atoms with Crippen molar-refractivity contribution in [2.75, 3.05) is 13.7 Å². The highest BCUT2D eigenvalue weighted by Gasteiger charge is 1.95. The van der Waals surface area contributed by atoms with Gasteiger partial charge in [0.2, 0.25) is 0 Å². The quantitative estimate of drug-likeness (QED) is 0.325. The maximum atomic E-state index is 8.01. The second kappa shape index (κ2) is 6.06. The molecule has 1 rings (SSSR count). The monoisotopic (exact) mass is 207 g/mol. The van der Waals surface area contributed by atoms with E-state index < -0.39 is 0 Å². The van der Waals surface area contributed by atoms with Crippen molar-refractivity contribution < 1.29 is 4.74 Å². The molecule has 0 amide bonds. The highest BCUT2D eigenvalue weighted by molar-refractivity contribution is 7.10. The molecule has 0 fully saturated rings. The second-order valence-corrected chi connectivity index (χ2v) is 3.42. The lowest BCUT2D eigenvalue weighted by atomic mass is 10.3. The second-order valence-electron chi connectivity index (χ2n) is 2.43. The van der Waals surface area contributed by atoms with E-state index in [9.17, 15) is 0 Å². The molecule has 5 heteroatoms. The molecule has 0 bridgehead atoms. The van der Waals surface area contributed by atoms with E-state index in [1.165, 1.54) is 0 Å². The van der Waals surface area contributed by atoms with Crippen LogP contribution in [-0.4, -0.2) is 13.7 Å². The average molecular weight is 207 g/mol. The van der Waals surface area contributed by atoms with Crippen molar-refractivity contribution in [3.63, 3.8) is 0 Å². The maximum absolute atomic E-state index is 8.01. The Morgan fingerprint density at radius 1 is 1.71 bits per heavy atom. The summed E-state index contributed by atoms with van der Waals surface area (Å²) in [7, 11) is 1.66. The fraction of sp³-hybridized carbons (Fsp3) is 0.333. The van der Waals surface area contributed by atoms with E-state index in [1.807, 2.05) is 11.4 Å². The molecular formula is C9H9N3OS. The highest BCUT2D eigenvalue weighted by Crippen LogP contribution is 2.14. The number of nitrogens with zero attached hydrogens (tertiary/aromatic N) is 3. The van der Waals surface area contributed by atoms with Crippen molar-refractivity contribution in [1.82, 2.24) is 0 Å². The van der Waals surface area contributed by atoms with Gasteiger partial charge in [-0.2, -0.15) is 0 Å². The minimum atomic E-state index is 0.214. The zero-order valence-corrected chi connectivity index (χ0v) is 8.54. The van der Waals surface area contributed by atoms with E-state index in [4.69, 9.17) is 10.3 Å². The van der Waals surface area contributed by atoms with Crippen molar-refractivity contribution in [3.8, 4) is 11.8 Å². The first-order chi connectivity index (χ1) is 6.86. The molecule has 4 nitrogen and oxygen atoms in total. The molecule has 0 saturated heterocycles. The Bertz CT molecular complexity index is 396. The third kappa shape index (κ3) is 3.50. The zero-order chi connectivity index (χ0) is 10.2. The lowest BCUT2D eigenvalue weighted by Gasteiger charge is -1.89. The summed E-state index contributed by atoms with van der Waals surface area (Å²) in [5, 5.41) is 5.27. The minimum Gasteiger partial charge on any atom is -0.379 e. The molecule has 0 radical (unpaired) electrons. The van der Waals surface area contributed by atoms with Crippen LogP contribution in [0.3, 0.4) is 0 Å². The van der Waals surface area contributed by atoms with Crippen LogP contribution in [0.4, 0.5) is 0 Å². The van der Waals surface area contributed by atoms with Crippen LogP contribution in [0.15, 0.2) is 16.6 Å². The van der Waals surface area contributed by atoms with E-state index in [0.717, 1.165) is 10.4 Å². The molecule has 14 heavy (non-hydrogen) atoms. The fourth-order valence-corrected chi connectivity index (χ4v) is 1.66. The lowest BCUT2D eigenvalue weighted by Crippen LogP contribution is -1.80. The van der Waals surface area contributed by atoms with Gasteiger partial charge in [-0.1, -0.05) is 17.0 Å². The van der Waals surface area contributed by atoms with Crippen LogP contribution in [-0.2, 0) is 11.3 Å². The molecular weight excluding hydrogens is 198 g/mol. The molecule has 0 aliphatic rings. The number of thiophene rings is 1. The van der Waals surface area contributed by atoms with E-state index in [-0.39, 0.29) is 6.54 Å². The van der Waals surface area contributed by atoms with Crippen LogP contribution < -0.4 is 0 Å². The normalized spacial score (nSPS) is 8.64. The molecule has 0 N–H and O–H groups in total. The molecule has 0 aliphatic carbocycles. The predicted molar refractivity (Wildman–Crippen MR) is 55.9 cm³/mol. The summed E-state index contributed by atoms with van der Waals surface area (Å²) in [6.07, 6.45) is 0. The van der Waals surface area contributed by atoms with Gasteiger partial charge in [0.1, 0.15) is 0 Å². The van der Waals surface area contributed by atoms with Crippen LogP contribution in [0.2, 0.25) is 0 Å². The molecule has 0 atom stereocenters. The van der Waals surface area contributed by atoms with E-state index in [2.05, 4.69) is 21.9 Å². The van der Waals surface area contributed by atoms with E-state index in [0.29, 0.717) is 6.61 Å². The van der Waals surface area contributed by atoms with Crippen molar-refractivity contribution >= 4 is 11.3 Å². The molecule has 0 spiro atoms. The van der Waals surface area contributed by atoms with Gasteiger partial charge in [0.15, 0.2) is 0 Å². The standard InChI is InChI=1S/C9H9N3OS/c1-13-6-9-5-8(7-14-9)3-2-4-11-12-10/h5,7H,4,6H2,1H3. The SMILES string of the molecule is COCc1cc(C#CCN=[N+]=[N-])cs1.